The van der Waals surface area contributed by atoms with Crippen LogP contribution in [0.2, 0.25) is 0 Å². The van der Waals surface area contributed by atoms with Gasteiger partial charge in [-0.3, -0.25) is 5.10 Å². The Balaban J connectivity index is 1.49. The first-order chi connectivity index (χ1) is 16.9. The van der Waals surface area contributed by atoms with Crippen LogP contribution in [0.25, 0.3) is 22.3 Å². The number of nitrogen functional groups attached to an aromatic ring is 1. The number of anilines is 2. The standard InChI is InChI=1S/C21H16N10O2S2/c22-19-15(12-25-28-19)18-20(34)31(17-5-2-1-4-16(17)26-18)30-27-13-6-8-14(9-7-13)35(32,33)29-21-23-10-3-11-24-21/h1-12H,(H3,22,25,28)(H,23,24,29). The molecule has 12 nitrogen and oxygen atoms in total. The summed E-state index contributed by atoms with van der Waals surface area (Å²) in [6, 6.07) is 14.7. The Morgan fingerprint density at radius 3 is 2.49 bits per heavy atom. The first-order valence-electron chi connectivity index (χ1n) is 10.1. The summed E-state index contributed by atoms with van der Waals surface area (Å²) in [6.07, 6.45) is 4.42. The molecule has 14 heteroatoms. The van der Waals surface area contributed by atoms with E-state index in [1.54, 1.807) is 6.07 Å². The molecule has 35 heavy (non-hydrogen) atoms. The second-order valence-corrected chi connectivity index (χ2v) is 9.19. The summed E-state index contributed by atoms with van der Waals surface area (Å²) in [6.45, 7) is 0. The zero-order valence-corrected chi connectivity index (χ0v) is 19.4. The van der Waals surface area contributed by atoms with Crippen LogP contribution >= 0.6 is 12.2 Å². The first kappa shape index (κ1) is 22.2. The summed E-state index contributed by atoms with van der Waals surface area (Å²) < 4.78 is 29.2. The molecule has 0 aliphatic heterocycles. The Labute approximate surface area is 203 Å². The third-order valence-corrected chi connectivity index (χ3v) is 6.56. The Bertz CT molecular complexity index is 1710. The van der Waals surface area contributed by atoms with Crippen LogP contribution in [0.4, 0.5) is 17.5 Å². The van der Waals surface area contributed by atoms with E-state index in [0.717, 1.165) is 0 Å². The molecule has 0 unspecified atom stereocenters. The number of hydrogen-bond acceptors (Lipinski definition) is 10. The lowest BCUT2D eigenvalue weighted by molar-refractivity contribution is 0.601. The van der Waals surface area contributed by atoms with Gasteiger partial charge in [0.25, 0.3) is 10.0 Å². The largest absolute Gasteiger partial charge is 0.384 e. The average Bonchev–Trinajstić information content (AvgIpc) is 3.29. The van der Waals surface area contributed by atoms with Crippen molar-refractivity contribution in [1.29, 1.82) is 0 Å². The predicted molar refractivity (Wildman–Crippen MR) is 132 cm³/mol. The normalized spacial score (nSPS) is 11.8. The van der Waals surface area contributed by atoms with Gasteiger partial charge in [0.05, 0.1) is 33.4 Å². The quantitative estimate of drug-likeness (QED) is 0.231. The van der Waals surface area contributed by atoms with E-state index in [1.807, 2.05) is 24.3 Å². The number of para-hydroxylation sites is 2. The van der Waals surface area contributed by atoms with Gasteiger partial charge in [0, 0.05) is 12.4 Å². The molecule has 0 atom stereocenters. The van der Waals surface area contributed by atoms with Crippen LogP contribution in [-0.2, 0) is 10.0 Å². The van der Waals surface area contributed by atoms with Crippen LogP contribution in [0.1, 0.15) is 0 Å². The van der Waals surface area contributed by atoms with Crippen LogP contribution in [0.15, 0.2) is 88.4 Å². The molecule has 0 saturated carbocycles. The Morgan fingerprint density at radius 1 is 1.03 bits per heavy atom. The molecule has 4 N–H and O–H groups in total. The van der Waals surface area contributed by atoms with Crippen LogP contribution < -0.4 is 10.5 Å². The van der Waals surface area contributed by atoms with E-state index in [-0.39, 0.29) is 15.5 Å². The Kier molecular flexibility index (Phi) is 5.72. The smallest absolute Gasteiger partial charge is 0.264 e. The van der Waals surface area contributed by atoms with Crippen molar-refractivity contribution in [2.75, 3.05) is 10.5 Å². The lowest BCUT2D eigenvalue weighted by Gasteiger charge is -2.08. The zero-order valence-electron chi connectivity index (χ0n) is 17.8. The zero-order chi connectivity index (χ0) is 24.4. The van der Waals surface area contributed by atoms with Gasteiger partial charge >= 0.3 is 0 Å². The number of sulfonamides is 1. The number of fused-ring (bicyclic) bond motifs is 1. The van der Waals surface area contributed by atoms with Crippen molar-refractivity contribution in [3.8, 4) is 11.3 Å². The molecule has 3 heterocycles. The number of hydrogen-bond donors (Lipinski definition) is 3. The minimum Gasteiger partial charge on any atom is -0.384 e. The highest BCUT2D eigenvalue weighted by molar-refractivity contribution is 7.92. The molecule has 0 spiro atoms. The number of nitrogens with two attached hydrogens (primary N) is 1. The van der Waals surface area contributed by atoms with E-state index in [9.17, 15) is 8.42 Å². The minimum atomic E-state index is -3.87. The van der Waals surface area contributed by atoms with Gasteiger partial charge in [-0.05, 0) is 42.5 Å². The summed E-state index contributed by atoms with van der Waals surface area (Å²) in [5.41, 5.74) is 8.63. The number of aromatic amines is 1. The predicted octanol–water partition coefficient (Wildman–Crippen LogP) is 3.88. The van der Waals surface area contributed by atoms with Crippen molar-refractivity contribution in [1.82, 2.24) is 29.8 Å². The maximum absolute atomic E-state index is 12.6. The van der Waals surface area contributed by atoms with E-state index in [1.165, 1.54) is 47.5 Å². The van der Waals surface area contributed by atoms with E-state index in [4.69, 9.17) is 18.0 Å². The van der Waals surface area contributed by atoms with Gasteiger partial charge in [0.1, 0.15) is 11.5 Å². The van der Waals surface area contributed by atoms with E-state index < -0.39 is 10.0 Å². The van der Waals surface area contributed by atoms with Crippen LogP contribution in [0, 0.1) is 4.64 Å². The summed E-state index contributed by atoms with van der Waals surface area (Å²) in [4.78, 5) is 12.4. The van der Waals surface area contributed by atoms with E-state index in [0.29, 0.717) is 33.8 Å². The molecule has 0 aliphatic rings. The number of nitrogens with one attached hydrogen (secondary N) is 2. The topological polar surface area (TPSA) is 169 Å². The van der Waals surface area contributed by atoms with E-state index >= 15 is 0 Å². The van der Waals surface area contributed by atoms with Gasteiger partial charge in [0.2, 0.25) is 5.95 Å². The molecule has 3 aromatic heterocycles. The van der Waals surface area contributed by atoms with Crippen LogP contribution in [-0.4, -0.2) is 38.2 Å². The van der Waals surface area contributed by atoms with Crippen LogP contribution in [0.3, 0.4) is 0 Å². The highest BCUT2D eigenvalue weighted by Gasteiger charge is 2.16. The molecule has 0 saturated heterocycles. The lowest BCUT2D eigenvalue weighted by Crippen LogP contribution is -2.14. The van der Waals surface area contributed by atoms with Crippen molar-refractivity contribution >= 4 is 50.7 Å². The molecule has 5 rings (SSSR count). The molecule has 5 aromatic rings. The molecule has 0 bridgehead atoms. The van der Waals surface area contributed by atoms with Gasteiger partial charge in [-0.1, -0.05) is 29.6 Å². The molecule has 0 radical (unpaired) electrons. The third-order valence-electron chi connectivity index (χ3n) is 4.85. The van der Waals surface area contributed by atoms with Gasteiger partial charge in [-0.2, -0.15) is 9.77 Å². The lowest BCUT2D eigenvalue weighted by atomic mass is 10.2. The number of H-pyrrole nitrogens is 1. The van der Waals surface area contributed by atoms with Crippen molar-refractivity contribution < 1.29 is 8.42 Å². The highest BCUT2D eigenvalue weighted by Crippen LogP contribution is 2.27. The molecule has 174 valence electrons. The molecule has 0 fully saturated rings. The monoisotopic (exact) mass is 504 g/mol. The molecular formula is C21H16N10O2S2. The summed E-state index contributed by atoms with van der Waals surface area (Å²) in [5, 5.41) is 15.1. The fourth-order valence-corrected chi connectivity index (χ4v) is 4.43. The van der Waals surface area contributed by atoms with Gasteiger partial charge in [-0.25, -0.2) is 28.1 Å². The summed E-state index contributed by atoms with van der Waals surface area (Å²) >= 11 is 5.62. The fraction of sp³-hybridized carbons (Fsp3) is 0. The third kappa shape index (κ3) is 4.47. The van der Waals surface area contributed by atoms with Crippen molar-refractivity contribution in [2.24, 2.45) is 10.3 Å². The molecule has 0 amide bonds. The van der Waals surface area contributed by atoms with E-state index in [2.05, 4.69) is 40.2 Å². The summed E-state index contributed by atoms with van der Waals surface area (Å²) in [7, 11) is -3.87. The Morgan fingerprint density at radius 2 is 1.77 bits per heavy atom. The average molecular weight is 505 g/mol. The Hall–Kier alpha value is -4.56. The van der Waals surface area contributed by atoms with Crippen molar-refractivity contribution in [3.63, 3.8) is 0 Å². The minimum absolute atomic E-state index is 0.0209. The van der Waals surface area contributed by atoms with Crippen molar-refractivity contribution in [3.05, 3.63) is 77.8 Å². The second kappa shape index (κ2) is 9.00. The van der Waals surface area contributed by atoms with Gasteiger partial charge < -0.3 is 5.73 Å². The summed E-state index contributed by atoms with van der Waals surface area (Å²) in [5.74, 6) is 0.304. The van der Waals surface area contributed by atoms with Crippen LogP contribution in [0.5, 0.6) is 0 Å². The van der Waals surface area contributed by atoms with Crippen molar-refractivity contribution in [2.45, 2.75) is 4.90 Å². The highest BCUT2D eigenvalue weighted by atomic mass is 32.2. The SMILES string of the molecule is Nc1[nH]ncc1-c1nc2ccccc2n(N=Nc2ccc(S(=O)(=O)Nc3ncccn3)cc2)c1=S. The molecular weight excluding hydrogens is 488 g/mol. The second-order valence-electron chi connectivity index (χ2n) is 7.12. The van der Waals surface area contributed by atoms with Gasteiger partial charge in [-0.15, -0.1) is 5.11 Å². The number of aromatic nitrogens is 6. The molecule has 0 aliphatic carbocycles. The number of rotatable bonds is 6. The fourth-order valence-electron chi connectivity index (χ4n) is 3.18. The number of benzene rings is 2. The first-order valence-corrected chi connectivity index (χ1v) is 11.9. The number of nitrogens with zero attached hydrogens (tertiary/aromatic N) is 7. The molecule has 2 aromatic carbocycles. The maximum atomic E-state index is 12.6. The maximum Gasteiger partial charge on any atom is 0.264 e. The van der Waals surface area contributed by atoms with Gasteiger partial charge in [0.15, 0.2) is 4.64 Å².